The van der Waals surface area contributed by atoms with Crippen LogP contribution in [-0.2, 0) is 12.8 Å². The van der Waals surface area contributed by atoms with Crippen molar-refractivity contribution in [2.24, 2.45) is 0 Å². The molecule has 3 rings (SSSR count). The molecule has 0 aliphatic rings. The minimum absolute atomic E-state index is 1.18. The highest BCUT2D eigenvalue weighted by molar-refractivity contribution is 6.07. The zero-order valence-corrected chi connectivity index (χ0v) is 13.2. The zero-order chi connectivity index (χ0) is 14.7. The molecule has 0 saturated carbocycles. The number of hydrogen-bond donors (Lipinski definition) is 1. The first-order valence-corrected chi connectivity index (χ1v) is 8.35. The molecule has 0 bridgehead atoms. The number of unbranched alkanes of at least 4 members (excludes halogenated alkanes) is 2. The molecule has 110 valence electrons. The van der Waals surface area contributed by atoms with Gasteiger partial charge in [0.1, 0.15) is 0 Å². The van der Waals surface area contributed by atoms with Crippen LogP contribution in [0.4, 0.5) is 0 Å². The van der Waals surface area contributed by atoms with E-state index in [9.17, 15) is 0 Å². The quantitative estimate of drug-likeness (QED) is 0.569. The van der Waals surface area contributed by atoms with Gasteiger partial charge >= 0.3 is 0 Å². The first-order valence-electron chi connectivity index (χ1n) is 8.35. The topological polar surface area (TPSA) is 15.8 Å². The van der Waals surface area contributed by atoms with Gasteiger partial charge < -0.3 is 4.98 Å². The van der Waals surface area contributed by atoms with Crippen LogP contribution in [-0.4, -0.2) is 4.98 Å². The van der Waals surface area contributed by atoms with Crippen molar-refractivity contribution in [2.75, 3.05) is 0 Å². The van der Waals surface area contributed by atoms with Crippen LogP contribution in [0.2, 0.25) is 0 Å². The highest BCUT2D eigenvalue weighted by Gasteiger charge is 2.06. The number of nitrogens with one attached hydrogen (secondary N) is 1. The molecule has 1 heteroatoms. The summed E-state index contributed by atoms with van der Waals surface area (Å²) in [5.74, 6) is 0. The molecule has 0 spiro atoms. The Bertz CT molecular complexity index is 674. The Morgan fingerprint density at radius 3 is 1.62 bits per heavy atom. The number of hydrogen-bond acceptors (Lipinski definition) is 0. The monoisotopic (exact) mass is 279 g/mol. The Hall–Kier alpha value is -1.76. The third-order valence-corrected chi connectivity index (χ3v) is 4.37. The van der Waals surface area contributed by atoms with E-state index in [1.165, 1.54) is 71.5 Å². The smallest absolute Gasteiger partial charge is 0.0467 e. The normalized spacial score (nSPS) is 11.5. The number of fused-ring (bicyclic) bond motifs is 3. The molecule has 1 aromatic heterocycles. The van der Waals surface area contributed by atoms with E-state index >= 15 is 0 Å². The average molecular weight is 279 g/mol. The van der Waals surface area contributed by atoms with E-state index in [4.69, 9.17) is 0 Å². The third-order valence-electron chi connectivity index (χ3n) is 4.37. The highest BCUT2D eigenvalue weighted by atomic mass is 14.7. The van der Waals surface area contributed by atoms with Crippen LogP contribution >= 0.6 is 0 Å². The van der Waals surface area contributed by atoms with E-state index in [0.29, 0.717) is 0 Å². The van der Waals surface area contributed by atoms with Crippen LogP contribution in [0.3, 0.4) is 0 Å². The van der Waals surface area contributed by atoms with Gasteiger partial charge in [-0.25, -0.2) is 0 Å². The summed E-state index contributed by atoms with van der Waals surface area (Å²) in [6.07, 6.45) is 7.42. The lowest BCUT2D eigenvalue weighted by atomic mass is 10.0. The fraction of sp³-hybridized carbons (Fsp3) is 0.400. The van der Waals surface area contributed by atoms with E-state index < -0.39 is 0 Å². The number of H-pyrrole nitrogens is 1. The summed E-state index contributed by atoms with van der Waals surface area (Å²) in [7, 11) is 0. The summed E-state index contributed by atoms with van der Waals surface area (Å²) in [4.78, 5) is 3.61. The Morgan fingerprint density at radius 2 is 1.19 bits per heavy atom. The van der Waals surface area contributed by atoms with Crippen LogP contribution in [0.25, 0.3) is 21.8 Å². The van der Waals surface area contributed by atoms with Crippen LogP contribution in [0, 0.1) is 0 Å². The van der Waals surface area contributed by atoms with Crippen molar-refractivity contribution in [1.82, 2.24) is 4.98 Å². The Labute approximate surface area is 127 Å². The predicted molar refractivity (Wildman–Crippen MR) is 93.0 cm³/mol. The summed E-state index contributed by atoms with van der Waals surface area (Å²) in [5.41, 5.74) is 5.46. The number of benzene rings is 2. The van der Waals surface area contributed by atoms with Crippen molar-refractivity contribution >= 4 is 21.8 Å². The molecule has 0 atom stereocenters. The molecule has 2 aromatic carbocycles. The van der Waals surface area contributed by atoms with Gasteiger partial charge in [-0.1, -0.05) is 51.0 Å². The molecule has 1 nitrogen and oxygen atoms in total. The van der Waals surface area contributed by atoms with Gasteiger partial charge in [-0.05, 0) is 48.9 Å². The third kappa shape index (κ3) is 2.97. The summed E-state index contributed by atoms with van der Waals surface area (Å²) in [6.45, 7) is 4.50. The lowest BCUT2D eigenvalue weighted by Crippen LogP contribution is -1.83. The van der Waals surface area contributed by atoms with Crippen molar-refractivity contribution < 1.29 is 0 Å². The fourth-order valence-corrected chi connectivity index (χ4v) is 3.08. The minimum Gasteiger partial charge on any atom is -0.354 e. The maximum atomic E-state index is 3.61. The second-order valence-electron chi connectivity index (χ2n) is 6.09. The predicted octanol–water partition coefficient (Wildman–Crippen LogP) is 6.01. The Balaban J connectivity index is 1.98. The van der Waals surface area contributed by atoms with E-state index in [1.54, 1.807) is 0 Å². The van der Waals surface area contributed by atoms with Gasteiger partial charge in [0.15, 0.2) is 0 Å². The number of aryl methyl sites for hydroxylation is 2. The van der Waals surface area contributed by atoms with Crippen molar-refractivity contribution in [3.05, 3.63) is 47.5 Å². The summed E-state index contributed by atoms with van der Waals surface area (Å²) in [6, 6.07) is 13.8. The van der Waals surface area contributed by atoms with Crippen molar-refractivity contribution in [3.8, 4) is 0 Å². The molecule has 0 aliphatic heterocycles. The van der Waals surface area contributed by atoms with E-state index in [-0.39, 0.29) is 0 Å². The van der Waals surface area contributed by atoms with Gasteiger partial charge in [0.25, 0.3) is 0 Å². The van der Waals surface area contributed by atoms with Crippen LogP contribution in [0.5, 0.6) is 0 Å². The summed E-state index contributed by atoms with van der Waals surface area (Å²) >= 11 is 0. The molecule has 3 aromatic rings. The summed E-state index contributed by atoms with van der Waals surface area (Å²) < 4.78 is 0. The second-order valence-corrected chi connectivity index (χ2v) is 6.09. The number of aromatic nitrogens is 1. The SMILES string of the molecule is CCCCc1ccc2c(c1)[nH]c1cc(CCCC)ccc12. The van der Waals surface area contributed by atoms with Crippen molar-refractivity contribution in [1.29, 1.82) is 0 Å². The van der Waals surface area contributed by atoms with Crippen LogP contribution in [0.15, 0.2) is 36.4 Å². The van der Waals surface area contributed by atoms with Crippen LogP contribution in [0.1, 0.15) is 50.7 Å². The molecule has 0 saturated heterocycles. The Kier molecular flexibility index (Phi) is 4.28. The van der Waals surface area contributed by atoms with E-state index in [1.807, 2.05) is 0 Å². The Morgan fingerprint density at radius 1 is 0.714 bits per heavy atom. The summed E-state index contributed by atoms with van der Waals surface area (Å²) in [5, 5.41) is 2.71. The molecule has 0 radical (unpaired) electrons. The van der Waals surface area contributed by atoms with Crippen molar-refractivity contribution in [3.63, 3.8) is 0 Å². The first kappa shape index (κ1) is 14.2. The molecule has 0 fully saturated rings. The van der Waals surface area contributed by atoms with Gasteiger partial charge in [0.2, 0.25) is 0 Å². The van der Waals surface area contributed by atoms with Crippen LogP contribution < -0.4 is 0 Å². The number of rotatable bonds is 6. The number of aromatic amines is 1. The highest BCUT2D eigenvalue weighted by Crippen LogP contribution is 2.27. The van der Waals surface area contributed by atoms with Gasteiger partial charge in [0.05, 0.1) is 0 Å². The first-order chi connectivity index (χ1) is 10.3. The molecule has 0 amide bonds. The van der Waals surface area contributed by atoms with Gasteiger partial charge in [-0.2, -0.15) is 0 Å². The molecular formula is C20H25N. The van der Waals surface area contributed by atoms with Crippen molar-refractivity contribution in [2.45, 2.75) is 52.4 Å². The maximum absolute atomic E-state index is 3.61. The molecular weight excluding hydrogens is 254 g/mol. The fourth-order valence-electron chi connectivity index (χ4n) is 3.08. The molecule has 1 heterocycles. The lowest BCUT2D eigenvalue weighted by molar-refractivity contribution is 0.795. The second kappa shape index (κ2) is 6.34. The molecule has 0 unspecified atom stereocenters. The van der Waals surface area contributed by atoms with Gasteiger partial charge in [-0.15, -0.1) is 0 Å². The van der Waals surface area contributed by atoms with Gasteiger partial charge in [-0.3, -0.25) is 0 Å². The molecule has 0 aliphatic carbocycles. The minimum atomic E-state index is 1.18. The molecule has 21 heavy (non-hydrogen) atoms. The largest absolute Gasteiger partial charge is 0.354 e. The van der Waals surface area contributed by atoms with E-state index in [0.717, 1.165) is 0 Å². The molecule has 1 N–H and O–H groups in total. The average Bonchev–Trinajstić information content (AvgIpc) is 2.87. The van der Waals surface area contributed by atoms with Gasteiger partial charge in [0, 0.05) is 21.8 Å². The zero-order valence-electron chi connectivity index (χ0n) is 13.2. The van der Waals surface area contributed by atoms with E-state index in [2.05, 4.69) is 55.2 Å². The maximum Gasteiger partial charge on any atom is 0.0467 e. The standard InChI is InChI=1S/C20H25N/c1-3-5-7-15-9-11-17-18-12-10-16(8-6-4-2)14-20(18)21-19(17)13-15/h9-14,21H,3-8H2,1-2H3. The lowest BCUT2D eigenvalue weighted by Gasteiger charge is -2.00.